The summed E-state index contributed by atoms with van der Waals surface area (Å²) in [6, 6.07) is 7.49. The van der Waals surface area contributed by atoms with Crippen LogP contribution in [-0.4, -0.2) is 20.5 Å². The highest BCUT2D eigenvalue weighted by atomic mass is 16.7. The molecule has 0 atom stereocenters. The molecule has 3 heteroatoms. The summed E-state index contributed by atoms with van der Waals surface area (Å²) in [6.07, 6.45) is 2.21. The van der Waals surface area contributed by atoms with E-state index in [-0.39, 0.29) is 0 Å². The van der Waals surface area contributed by atoms with Crippen molar-refractivity contribution in [3.8, 4) is 11.5 Å². The smallest absolute Gasteiger partial charge is 0.189 e. The summed E-state index contributed by atoms with van der Waals surface area (Å²) in [4.78, 5) is 0. The molecule has 0 aliphatic carbocycles. The van der Waals surface area contributed by atoms with Crippen LogP contribution in [0.4, 0.5) is 0 Å². The van der Waals surface area contributed by atoms with Crippen molar-refractivity contribution in [2.75, 3.05) is 20.5 Å². The van der Waals surface area contributed by atoms with Crippen LogP contribution in [0.25, 0.3) is 0 Å². The van der Waals surface area contributed by atoms with Gasteiger partial charge in [0.25, 0.3) is 0 Å². The second-order valence-corrected chi connectivity index (χ2v) is 3.20. The van der Waals surface area contributed by atoms with Gasteiger partial charge in [0.1, 0.15) is 11.5 Å². The molecule has 0 unspecified atom stereocenters. The molecule has 1 aromatic rings. The van der Waals surface area contributed by atoms with Gasteiger partial charge in [-0.3, -0.25) is 0 Å². The summed E-state index contributed by atoms with van der Waals surface area (Å²) in [5.41, 5.74) is 0. The Bertz CT molecular complexity index is 273. The zero-order valence-electron chi connectivity index (χ0n) is 9.36. The molecule has 0 saturated heterocycles. The van der Waals surface area contributed by atoms with Crippen LogP contribution in [0.5, 0.6) is 11.5 Å². The van der Waals surface area contributed by atoms with E-state index in [2.05, 4.69) is 6.92 Å². The van der Waals surface area contributed by atoms with E-state index >= 15 is 0 Å². The van der Waals surface area contributed by atoms with Gasteiger partial charge in [-0.25, -0.2) is 0 Å². The van der Waals surface area contributed by atoms with Crippen LogP contribution < -0.4 is 9.47 Å². The van der Waals surface area contributed by atoms with Gasteiger partial charge in [-0.2, -0.15) is 0 Å². The van der Waals surface area contributed by atoms with Gasteiger partial charge in [0, 0.05) is 6.07 Å². The largest absolute Gasteiger partial charge is 0.497 e. The summed E-state index contributed by atoms with van der Waals surface area (Å²) in [7, 11) is 1.64. The number of hydrogen-bond donors (Lipinski definition) is 0. The Morgan fingerprint density at radius 2 is 2.00 bits per heavy atom. The van der Waals surface area contributed by atoms with Crippen molar-refractivity contribution in [1.29, 1.82) is 0 Å². The van der Waals surface area contributed by atoms with Crippen molar-refractivity contribution in [2.24, 2.45) is 0 Å². The molecule has 0 heterocycles. The third-order valence-corrected chi connectivity index (χ3v) is 1.99. The molecule has 0 N–H and O–H groups in total. The first kappa shape index (κ1) is 11.9. The number of benzene rings is 1. The second kappa shape index (κ2) is 7.12. The molecule has 0 spiro atoms. The first-order valence-electron chi connectivity index (χ1n) is 5.21. The van der Waals surface area contributed by atoms with Crippen LogP contribution in [0.15, 0.2) is 24.3 Å². The molecule has 1 aromatic carbocycles. The summed E-state index contributed by atoms with van der Waals surface area (Å²) in [6.45, 7) is 3.18. The lowest BCUT2D eigenvalue weighted by Gasteiger charge is -2.07. The second-order valence-electron chi connectivity index (χ2n) is 3.20. The number of unbranched alkanes of at least 4 members (excludes halogenated alkanes) is 1. The molecular formula is C12H18O3. The lowest BCUT2D eigenvalue weighted by atomic mass is 10.3. The molecule has 84 valence electrons. The van der Waals surface area contributed by atoms with Crippen LogP contribution in [0.2, 0.25) is 0 Å². The number of ether oxygens (including phenoxy) is 3. The van der Waals surface area contributed by atoms with Crippen molar-refractivity contribution < 1.29 is 14.2 Å². The summed E-state index contributed by atoms with van der Waals surface area (Å²) in [5, 5.41) is 0. The van der Waals surface area contributed by atoms with Crippen LogP contribution >= 0.6 is 0 Å². The maximum absolute atomic E-state index is 5.39. The highest BCUT2D eigenvalue weighted by Gasteiger charge is 1.95. The van der Waals surface area contributed by atoms with Gasteiger partial charge in [0.15, 0.2) is 6.79 Å². The third-order valence-electron chi connectivity index (χ3n) is 1.99. The average molecular weight is 210 g/mol. The van der Waals surface area contributed by atoms with E-state index in [9.17, 15) is 0 Å². The molecule has 0 amide bonds. The fraction of sp³-hybridized carbons (Fsp3) is 0.500. The van der Waals surface area contributed by atoms with Gasteiger partial charge in [0.2, 0.25) is 0 Å². The molecule has 0 bridgehead atoms. The highest BCUT2D eigenvalue weighted by Crippen LogP contribution is 2.18. The third kappa shape index (κ3) is 4.70. The van der Waals surface area contributed by atoms with E-state index in [1.54, 1.807) is 7.11 Å². The van der Waals surface area contributed by atoms with Crippen molar-refractivity contribution in [2.45, 2.75) is 19.8 Å². The average Bonchev–Trinajstić information content (AvgIpc) is 2.29. The SMILES string of the molecule is CCCCOCOc1cccc(OC)c1. The quantitative estimate of drug-likeness (QED) is 0.511. The molecule has 0 aliphatic rings. The minimum atomic E-state index is 0.299. The maximum atomic E-state index is 5.39. The summed E-state index contributed by atoms with van der Waals surface area (Å²) in [5.74, 6) is 1.56. The standard InChI is InChI=1S/C12H18O3/c1-3-4-8-14-10-15-12-7-5-6-11(9-12)13-2/h5-7,9H,3-4,8,10H2,1-2H3. The van der Waals surface area contributed by atoms with E-state index in [1.807, 2.05) is 24.3 Å². The summed E-state index contributed by atoms with van der Waals surface area (Å²) >= 11 is 0. The van der Waals surface area contributed by atoms with Crippen LogP contribution in [0.1, 0.15) is 19.8 Å². The van der Waals surface area contributed by atoms with Gasteiger partial charge in [-0.15, -0.1) is 0 Å². The van der Waals surface area contributed by atoms with Crippen molar-refractivity contribution >= 4 is 0 Å². The Hall–Kier alpha value is -1.22. The Balaban J connectivity index is 2.24. The zero-order chi connectivity index (χ0) is 10.9. The molecule has 0 fully saturated rings. The van der Waals surface area contributed by atoms with E-state index in [0.29, 0.717) is 6.79 Å². The van der Waals surface area contributed by atoms with Crippen LogP contribution in [0.3, 0.4) is 0 Å². The predicted molar refractivity (Wildman–Crippen MR) is 59.3 cm³/mol. The molecular weight excluding hydrogens is 192 g/mol. The Morgan fingerprint density at radius 1 is 1.20 bits per heavy atom. The number of rotatable bonds is 7. The topological polar surface area (TPSA) is 27.7 Å². The minimum Gasteiger partial charge on any atom is -0.497 e. The zero-order valence-corrected chi connectivity index (χ0v) is 9.36. The van der Waals surface area contributed by atoms with Gasteiger partial charge < -0.3 is 14.2 Å². The van der Waals surface area contributed by atoms with Gasteiger partial charge in [0.05, 0.1) is 13.7 Å². The summed E-state index contributed by atoms with van der Waals surface area (Å²) < 4.78 is 15.8. The first-order chi connectivity index (χ1) is 7.36. The van der Waals surface area contributed by atoms with Gasteiger partial charge in [-0.1, -0.05) is 19.4 Å². The van der Waals surface area contributed by atoms with E-state index < -0.39 is 0 Å². The number of methoxy groups -OCH3 is 1. The fourth-order valence-corrected chi connectivity index (χ4v) is 1.11. The van der Waals surface area contributed by atoms with Gasteiger partial charge in [-0.05, 0) is 18.6 Å². The predicted octanol–water partition coefficient (Wildman–Crippen LogP) is 2.85. The Kier molecular flexibility index (Phi) is 5.63. The fourth-order valence-electron chi connectivity index (χ4n) is 1.11. The molecule has 0 aliphatic heterocycles. The van der Waals surface area contributed by atoms with Gasteiger partial charge >= 0.3 is 0 Å². The van der Waals surface area contributed by atoms with Crippen molar-refractivity contribution in [3.63, 3.8) is 0 Å². The lowest BCUT2D eigenvalue weighted by Crippen LogP contribution is -2.03. The highest BCUT2D eigenvalue weighted by molar-refractivity contribution is 5.32. The van der Waals surface area contributed by atoms with Crippen molar-refractivity contribution in [1.82, 2.24) is 0 Å². The van der Waals surface area contributed by atoms with Crippen LogP contribution in [0, 0.1) is 0 Å². The Labute approximate surface area is 91.0 Å². The van der Waals surface area contributed by atoms with E-state index in [0.717, 1.165) is 30.9 Å². The molecule has 3 nitrogen and oxygen atoms in total. The molecule has 0 aromatic heterocycles. The van der Waals surface area contributed by atoms with E-state index in [1.165, 1.54) is 0 Å². The lowest BCUT2D eigenvalue weighted by molar-refractivity contribution is 0.0140. The Morgan fingerprint density at radius 3 is 2.73 bits per heavy atom. The minimum absolute atomic E-state index is 0.299. The van der Waals surface area contributed by atoms with E-state index in [4.69, 9.17) is 14.2 Å². The normalized spacial score (nSPS) is 10.0. The first-order valence-corrected chi connectivity index (χ1v) is 5.21. The molecule has 1 rings (SSSR count). The van der Waals surface area contributed by atoms with Crippen LogP contribution in [-0.2, 0) is 4.74 Å². The molecule has 0 radical (unpaired) electrons. The maximum Gasteiger partial charge on any atom is 0.189 e. The van der Waals surface area contributed by atoms with Crippen molar-refractivity contribution in [3.05, 3.63) is 24.3 Å². The number of hydrogen-bond acceptors (Lipinski definition) is 3. The monoisotopic (exact) mass is 210 g/mol. The molecule has 15 heavy (non-hydrogen) atoms. The molecule has 0 saturated carbocycles.